The van der Waals surface area contributed by atoms with Gasteiger partial charge in [0.2, 0.25) is 10.0 Å². The van der Waals surface area contributed by atoms with Gasteiger partial charge >= 0.3 is 0 Å². The molecule has 198 valence electrons. The summed E-state index contributed by atoms with van der Waals surface area (Å²) in [6, 6.07) is 28.7. The van der Waals surface area contributed by atoms with Crippen molar-refractivity contribution in [3.8, 4) is 5.75 Å². The standard InChI is InChI=1S/C30H31ClN2O4S/c1-36-28-8-4-5-23(19-28)22-37-30(25-9-12-27(31)13-10-25)21-32-15-17-33(18-16-32)38(34,35)29-14-11-24-6-2-3-7-26(24)20-29/h2-14,19-20,30H,15-18,21-22H2,1H3/t30-/m1/s1. The summed E-state index contributed by atoms with van der Waals surface area (Å²) in [5.74, 6) is 0.790. The van der Waals surface area contributed by atoms with Gasteiger partial charge in [-0.3, -0.25) is 4.90 Å². The van der Waals surface area contributed by atoms with Gasteiger partial charge in [-0.1, -0.05) is 66.2 Å². The third-order valence-electron chi connectivity index (χ3n) is 6.94. The molecule has 1 fully saturated rings. The van der Waals surface area contributed by atoms with Crippen LogP contribution in [0, 0.1) is 0 Å². The number of ether oxygens (including phenoxy) is 2. The molecule has 5 rings (SSSR count). The second-order valence-electron chi connectivity index (χ2n) is 9.42. The molecular formula is C30H31ClN2O4S. The van der Waals surface area contributed by atoms with E-state index < -0.39 is 10.0 Å². The lowest BCUT2D eigenvalue weighted by Crippen LogP contribution is -2.49. The van der Waals surface area contributed by atoms with Crippen LogP contribution in [0.2, 0.25) is 5.02 Å². The summed E-state index contributed by atoms with van der Waals surface area (Å²) in [7, 11) is -1.92. The van der Waals surface area contributed by atoms with Crippen LogP contribution in [-0.2, 0) is 21.4 Å². The maximum atomic E-state index is 13.4. The van der Waals surface area contributed by atoms with Crippen LogP contribution < -0.4 is 4.74 Å². The van der Waals surface area contributed by atoms with Crippen molar-refractivity contribution in [3.05, 3.63) is 107 Å². The lowest BCUT2D eigenvalue weighted by atomic mass is 10.1. The molecule has 1 saturated heterocycles. The maximum Gasteiger partial charge on any atom is 0.243 e. The van der Waals surface area contributed by atoms with Gasteiger partial charge in [0.15, 0.2) is 0 Å². The zero-order valence-electron chi connectivity index (χ0n) is 21.3. The summed E-state index contributed by atoms with van der Waals surface area (Å²) >= 11 is 6.13. The Hall–Kier alpha value is -2.94. The molecule has 6 nitrogen and oxygen atoms in total. The predicted octanol–water partition coefficient (Wildman–Crippen LogP) is 5.77. The van der Waals surface area contributed by atoms with Crippen LogP contribution >= 0.6 is 11.6 Å². The van der Waals surface area contributed by atoms with Crippen molar-refractivity contribution in [2.75, 3.05) is 39.8 Å². The summed E-state index contributed by atoms with van der Waals surface area (Å²) in [5.41, 5.74) is 2.05. The Morgan fingerprint density at radius 3 is 2.32 bits per heavy atom. The van der Waals surface area contributed by atoms with Gasteiger partial charge < -0.3 is 9.47 Å². The molecule has 0 amide bonds. The molecular weight excluding hydrogens is 520 g/mol. The highest BCUT2D eigenvalue weighted by atomic mass is 35.5. The topological polar surface area (TPSA) is 59.1 Å². The monoisotopic (exact) mass is 550 g/mol. The van der Waals surface area contributed by atoms with Crippen LogP contribution in [0.5, 0.6) is 5.75 Å². The van der Waals surface area contributed by atoms with E-state index in [4.69, 9.17) is 21.1 Å². The van der Waals surface area contributed by atoms with Crippen molar-refractivity contribution >= 4 is 32.4 Å². The van der Waals surface area contributed by atoms with Gasteiger partial charge in [-0.15, -0.1) is 0 Å². The molecule has 4 aromatic rings. The first-order chi connectivity index (χ1) is 18.4. The van der Waals surface area contributed by atoms with Gasteiger partial charge in [0.1, 0.15) is 5.75 Å². The van der Waals surface area contributed by atoms with E-state index >= 15 is 0 Å². The number of hydrogen-bond donors (Lipinski definition) is 0. The Labute approximate surface area is 229 Å². The lowest BCUT2D eigenvalue weighted by molar-refractivity contribution is 0.00767. The average Bonchev–Trinajstić information content (AvgIpc) is 2.96. The van der Waals surface area contributed by atoms with Gasteiger partial charge in [-0.2, -0.15) is 4.31 Å². The summed E-state index contributed by atoms with van der Waals surface area (Å²) < 4.78 is 40.1. The average molecular weight is 551 g/mol. The van der Waals surface area contributed by atoms with E-state index in [1.807, 2.05) is 78.9 Å². The molecule has 0 unspecified atom stereocenters. The Balaban J connectivity index is 1.25. The molecule has 0 aliphatic carbocycles. The fourth-order valence-electron chi connectivity index (χ4n) is 4.75. The SMILES string of the molecule is COc1cccc(CO[C@H](CN2CCN(S(=O)(=O)c3ccc4ccccc4c3)CC2)c2ccc(Cl)cc2)c1. The molecule has 4 aromatic carbocycles. The number of nitrogens with zero attached hydrogens (tertiary/aromatic N) is 2. The van der Waals surface area contributed by atoms with Crippen molar-refractivity contribution in [2.45, 2.75) is 17.6 Å². The number of piperazine rings is 1. The van der Waals surface area contributed by atoms with Crippen molar-refractivity contribution in [1.29, 1.82) is 0 Å². The molecule has 0 saturated carbocycles. The van der Waals surface area contributed by atoms with Crippen LogP contribution in [0.1, 0.15) is 17.2 Å². The molecule has 0 spiro atoms. The second kappa shape index (κ2) is 11.8. The number of benzene rings is 4. The third kappa shape index (κ3) is 6.20. The van der Waals surface area contributed by atoms with Gasteiger partial charge in [0.25, 0.3) is 0 Å². The fourth-order valence-corrected chi connectivity index (χ4v) is 6.34. The minimum Gasteiger partial charge on any atom is -0.497 e. The van der Waals surface area contributed by atoms with E-state index in [0.717, 1.165) is 27.6 Å². The minimum atomic E-state index is -3.57. The van der Waals surface area contributed by atoms with Gasteiger partial charge in [0.05, 0.1) is 24.7 Å². The molecule has 0 bridgehead atoms. The van der Waals surface area contributed by atoms with Gasteiger partial charge in [-0.25, -0.2) is 8.42 Å². The fraction of sp³-hybridized carbons (Fsp3) is 0.267. The number of fused-ring (bicyclic) bond motifs is 1. The van der Waals surface area contributed by atoms with Gasteiger partial charge in [-0.05, 0) is 58.3 Å². The second-order valence-corrected chi connectivity index (χ2v) is 11.8. The zero-order valence-corrected chi connectivity index (χ0v) is 22.9. The predicted molar refractivity (Wildman–Crippen MR) is 151 cm³/mol. The van der Waals surface area contributed by atoms with Crippen LogP contribution in [0.3, 0.4) is 0 Å². The highest BCUT2D eigenvalue weighted by molar-refractivity contribution is 7.89. The highest BCUT2D eigenvalue weighted by Gasteiger charge is 2.30. The number of hydrogen-bond acceptors (Lipinski definition) is 5. The largest absolute Gasteiger partial charge is 0.497 e. The Bertz CT molecular complexity index is 1490. The number of sulfonamides is 1. The van der Waals surface area contributed by atoms with E-state index in [-0.39, 0.29) is 6.10 Å². The molecule has 1 aliphatic heterocycles. The van der Waals surface area contributed by atoms with Crippen molar-refractivity contribution in [3.63, 3.8) is 0 Å². The van der Waals surface area contributed by atoms with E-state index in [9.17, 15) is 8.42 Å². The van der Waals surface area contributed by atoms with E-state index in [0.29, 0.717) is 49.2 Å². The number of methoxy groups -OCH3 is 1. The summed E-state index contributed by atoms with van der Waals surface area (Å²) in [4.78, 5) is 2.60. The molecule has 8 heteroatoms. The summed E-state index contributed by atoms with van der Waals surface area (Å²) in [6.45, 7) is 3.19. The van der Waals surface area contributed by atoms with Crippen LogP contribution in [0.15, 0.2) is 95.9 Å². The van der Waals surface area contributed by atoms with E-state index in [2.05, 4.69) is 4.90 Å². The maximum absolute atomic E-state index is 13.4. The molecule has 0 N–H and O–H groups in total. The van der Waals surface area contributed by atoms with E-state index in [1.165, 1.54) is 0 Å². The van der Waals surface area contributed by atoms with Crippen LogP contribution in [0.25, 0.3) is 10.8 Å². The van der Waals surface area contributed by atoms with Crippen LogP contribution in [-0.4, -0.2) is 57.5 Å². The molecule has 1 atom stereocenters. The quantitative estimate of drug-likeness (QED) is 0.265. The number of halogens is 1. The lowest BCUT2D eigenvalue weighted by Gasteiger charge is -2.36. The first-order valence-electron chi connectivity index (χ1n) is 12.6. The molecule has 0 aromatic heterocycles. The first kappa shape index (κ1) is 26.7. The van der Waals surface area contributed by atoms with Crippen LogP contribution in [0.4, 0.5) is 0 Å². The summed E-state index contributed by atoms with van der Waals surface area (Å²) in [6.07, 6.45) is -0.192. The Morgan fingerprint density at radius 1 is 0.842 bits per heavy atom. The summed E-state index contributed by atoms with van der Waals surface area (Å²) in [5, 5.41) is 2.62. The van der Waals surface area contributed by atoms with Crippen molar-refractivity contribution in [2.24, 2.45) is 0 Å². The highest BCUT2D eigenvalue weighted by Crippen LogP contribution is 2.26. The zero-order chi connectivity index (χ0) is 26.5. The number of rotatable bonds is 9. The minimum absolute atomic E-state index is 0.192. The molecule has 38 heavy (non-hydrogen) atoms. The normalized spacial score (nSPS) is 15.9. The smallest absolute Gasteiger partial charge is 0.243 e. The first-order valence-corrected chi connectivity index (χ1v) is 14.5. The van der Waals surface area contributed by atoms with E-state index in [1.54, 1.807) is 23.5 Å². The Kier molecular flexibility index (Phi) is 8.31. The van der Waals surface area contributed by atoms with Crippen molar-refractivity contribution < 1.29 is 17.9 Å². The van der Waals surface area contributed by atoms with Crippen molar-refractivity contribution in [1.82, 2.24) is 9.21 Å². The molecule has 0 radical (unpaired) electrons. The molecule has 1 heterocycles. The molecule has 1 aliphatic rings. The van der Waals surface area contributed by atoms with Gasteiger partial charge in [0, 0.05) is 37.7 Å². The Morgan fingerprint density at radius 2 is 1.58 bits per heavy atom. The third-order valence-corrected chi connectivity index (χ3v) is 9.09.